The number of ether oxygens (including phenoxy) is 1. The van der Waals surface area contributed by atoms with E-state index in [1.807, 2.05) is 6.33 Å². The molecule has 0 atom stereocenters. The Kier molecular flexibility index (Phi) is 4.25. The fourth-order valence-corrected chi connectivity index (χ4v) is 4.30. The molecule has 2 aliphatic rings. The van der Waals surface area contributed by atoms with Crippen LogP contribution in [0.4, 0.5) is 8.78 Å². The zero-order chi connectivity index (χ0) is 19.1. The van der Waals surface area contributed by atoms with Crippen molar-refractivity contribution in [3.8, 4) is 5.69 Å². The fourth-order valence-electron chi connectivity index (χ4n) is 4.30. The van der Waals surface area contributed by atoms with Crippen LogP contribution in [0.15, 0.2) is 36.8 Å². The van der Waals surface area contributed by atoms with Crippen molar-refractivity contribution in [3.05, 3.63) is 65.5 Å². The average molecular weight is 385 g/mol. The zero-order valence-corrected chi connectivity index (χ0v) is 15.4. The molecular formula is C20H21F2N5O. The molecule has 0 amide bonds. The molecule has 1 spiro atoms. The van der Waals surface area contributed by atoms with Gasteiger partial charge < -0.3 is 14.6 Å². The van der Waals surface area contributed by atoms with Crippen LogP contribution in [0.3, 0.4) is 0 Å². The SMILES string of the molecule is Fc1cccc(F)c1-n1ccc(Cn2cnc3c2CCNC32CCOCC2)n1. The molecule has 3 aromatic rings. The standard InChI is InChI=1S/C20H21F2N5O/c21-15-2-1-3-16(22)18(15)27-9-5-14(25-27)12-26-13-23-19-17(26)4-8-24-20(19)6-10-28-11-7-20/h1-3,5,9,13,24H,4,6-8,10-12H2. The Morgan fingerprint density at radius 2 is 1.93 bits per heavy atom. The maximum atomic E-state index is 14.0. The number of nitrogens with zero attached hydrogens (tertiary/aromatic N) is 4. The van der Waals surface area contributed by atoms with Crippen LogP contribution in [0.2, 0.25) is 0 Å². The molecule has 8 heteroatoms. The van der Waals surface area contributed by atoms with Gasteiger partial charge in [-0.25, -0.2) is 18.4 Å². The summed E-state index contributed by atoms with van der Waals surface area (Å²) in [7, 11) is 0. The normalized spacial score (nSPS) is 18.4. The van der Waals surface area contributed by atoms with Gasteiger partial charge in [0.2, 0.25) is 0 Å². The Bertz CT molecular complexity index is 986. The number of imidazole rings is 1. The summed E-state index contributed by atoms with van der Waals surface area (Å²) in [5.74, 6) is -1.27. The lowest BCUT2D eigenvalue weighted by Crippen LogP contribution is -2.51. The van der Waals surface area contributed by atoms with Gasteiger partial charge in [0.05, 0.1) is 29.8 Å². The van der Waals surface area contributed by atoms with Crippen LogP contribution in [-0.2, 0) is 23.2 Å². The predicted octanol–water partition coefficient (Wildman–Crippen LogP) is 2.55. The summed E-state index contributed by atoms with van der Waals surface area (Å²) >= 11 is 0. The van der Waals surface area contributed by atoms with Crippen LogP contribution in [0.25, 0.3) is 5.69 Å². The average Bonchev–Trinajstić information content (AvgIpc) is 3.31. The molecule has 1 saturated heterocycles. The van der Waals surface area contributed by atoms with Gasteiger partial charge in [0.1, 0.15) is 5.69 Å². The molecule has 0 radical (unpaired) electrons. The quantitative estimate of drug-likeness (QED) is 0.753. The molecule has 1 N–H and O–H groups in total. The third kappa shape index (κ3) is 2.84. The summed E-state index contributed by atoms with van der Waals surface area (Å²) in [5, 5.41) is 8.03. The van der Waals surface area contributed by atoms with Crippen LogP contribution in [0.5, 0.6) is 0 Å². The number of nitrogens with one attached hydrogen (secondary N) is 1. The van der Waals surface area contributed by atoms with Gasteiger partial charge in [0.25, 0.3) is 0 Å². The van der Waals surface area contributed by atoms with Gasteiger partial charge in [-0.2, -0.15) is 5.10 Å². The molecule has 6 nitrogen and oxygen atoms in total. The molecule has 0 saturated carbocycles. The lowest BCUT2D eigenvalue weighted by Gasteiger charge is -2.40. The van der Waals surface area contributed by atoms with E-state index in [0.717, 1.165) is 50.4 Å². The maximum absolute atomic E-state index is 14.0. The Hall–Kier alpha value is -2.58. The van der Waals surface area contributed by atoms with E-state index >= 15 is 0 Å². The monoisotopic (exact) mass is 385 g/mol. The third-order valence-corrected chi connectivity index (χ3v) is 5.71. The van der Waals surface area contributed by atoms with Crippen molar-refractivity contribution in [2.45, 2.75) is 31.3 Å². The van der Waals surface area contributed by atoms with Gasteiger partial charge in [-0.1, -0.05) is 6.07 Å². The van der Waals surface area contributed by atoms with Crippen molar-refractivity contribution in [1.82, 2.24) is 24.6 Å². The Labute approximate surface area is 161 Å². The van der Waals surface area contributed by atoms with Crippen molar-refractivity contribution in [1.29, 1.82) is 0 Å². The highest BCUT2D eigenvalue weighted by Gasteiger charge is 2.40. The molecule has 5 rings (SSSR count). The minimum Gasteiger partial charge on any atom is -0.381 e. The molecule has 1 fully saturated rings. The minimum atomic E-state index is -0.637. The van der Waals surface area contributed by atoms with E-state index in [1.54, 1.807) is 12.3 Å². The Morgan fingerprint density at radius 3 is 2.71 bits per heavy atom. The van der Waals surface area contributed by atoms with E-state index in [0.29, 0.717) is 6.54 Å². The second-order valence-corrected chi connectivity index (χ2v) is 7.36. The van der Waals surface area contributed by atoms with E-state index in [4.69, 9.17) is 9.72 Å². The number of halogens is 2. The van der Waals surface area contributed by atoms with Crippen LogP contribution >= 0.6 is 0 Å². The highest BCUT2D eigenvalue weighted by atomic mass is 19.1. The molecule has 2 aliphatic heterocycles. The van der Waals surface area contributed by atoms with E-state index in [1.165, 1.54) is 28.6 Å². The van der Waals surface area contributed by atoms with Crippen molar-refractivity contribution >= 4 is 0 Å². The summed E-state index contributed by atoms with van der Waals surface area (Å²) < 4.78 is 36.9. The number of hydrogen-bond donors (Lipinski definition) is 1. The lowest BCUT2D eigenvalue weighted by atomic mass is 9.82. The van der Waals surface area contributed by atoms with Gasteiger partial charge in [-0.15, -0.1) is 0 Å². The summed E-state index contributed by atoms with van der Waals surface area (Å²) in [6.07, 6.45) is 6.15. The van der Waals surface area contributed by atoms with Crippen LogP contribution < -0.4 is 5.32 Å². The number of benzene rings is 1. The summed E-state index contributed by atoms with van der Waals surface area (Å²) in [5.41, 5.74) is 2.76. The maximum Gasteiger partial charge on any atom is 0.151 e. The highest BCUT2D eigenvalue weighted by Crippen LogP contribution is 2.36. The molecule has 0 unspecified atom stereocenters. The van der Waals surface area contributed by atoms with E-state index in [2.05, 4.69) is 15.0 Å². The summed E-state index contributed by atoms with van der Waals surface area (Å²) in [6.45, 7) is 2.88. The summed E-state index contributed by atoms with van der Waals surface area (Å²) in [6, 6.07) is 5.58. The van der Waals surface area contributed by atoms with Crippen molar-refractivity contribution < 1.29 is 13.5 Å². The van der Waals surface area contributed by atoms with Crippen LogP contribution in [-0.4, -0.2) is 39.1 Å². The lowest BCUT2D eigenvalue weighted by molar-refractivity contribution is 0.0322. The molecule has 146 valence electrons. The van der Waals surface area contributed by atoms with Gasteiger partial charge in [0, 0.05) is 38.1 Å². The number of para-hydroxylation sites is 1. The van der Waals surface area contributed by atoms with Gasteiger partial charge in [-0.3, -0.25) is 0 Å². The molecule has 1 aromatic carbocycles. The Morgan fingerprint density at radius 1 is 1.14 bits per heavy atom. The summed E-state index contributed by atoms with van der Waals surface area (Å²) in [4.78, 5) is 4.71. The van der Waals surface area contributed by atoms with Crippen molar-refractivity contribution in [3.63, 3.8) is 0 Å². The topological polar surface area (TPSA) is 56.9 Å². The molecular weight excluding hydrogens is 364 g/mol. The molecule has 4 heterocycles. The largest absolute Gasteiger partial charge is 0.381 e. The first-order valence-electron chi connectivity index (χ1n) is 9.52. The van der Waals surface area contributed by atoms with E-state index in [9.17, 15) is 8.78 Å². The number of aromatic nitrogens is 4. The second kappa shape index (κ2) is 6.79. The molecule has 28 heavy (non-hydrogen) atoms. The molecule has 0 aliphatic carbocycles. The molecule has 0 bridgehead atoms. The zero-order valence-electron chi connectivity index (χ0n) is 15.4. The minimum absolute atomic E-state index is 0.104. The van der Waals surface area contributed by atoms with Crippen molar-refractivity contribution in [2.75, 3.05) is 19.8 Å². The first-order chi connectivity index (χ1) is 13.7. The van der Waals surface area contributed by atoms with Gasteiger partial charge in [0.15, 0.2) is 11.6 Å². The second-order valence-electron chi connectivity index (χ2n) is 7.36. The number of fused-ring (bicyclic) bond motifs is 2. The van der Waals surface area contributed by atoms with Crippen molar-refractivity contribution in [2.24, 2.45) is 0 Å². The van der Waals surface area contributed by atoms with Crippen LogP contribution in [0.1, 0.15) is 29.9 Å². The fraction of sp³-hybridized carbons (Fsp3) is 0.400. The molecule has 2 aromatic heterocycles. The Balaban J connectivity index is 1.43. The van der Waals surface area contributed by atoms with Gasteiger partial charge in [-0.05, 0) is 31.0 Å². The van der Waals surface area contributed by atoms with Crippen LogP contribution in [0, 0.1) is 11.6 Å². The third-order valence-electron chi connectivity index (χ3n) is 5.71. The van der Waals surface area contributed by atoms with E-state index in [-0.39, 0.29) is 11.2 Å². The highest BCUT2D eigenvalue weighted by molar-refractivity contribution is 5.34. The first kappa shape index (κ1) is 17.5. The number of rotatable bonds is 3. The van der Waals surface area contributed by atoms with Gasteiger partial charge >= 0.3 is 0 Å². The van der Waals surface area contributed by atoms with E-state index < -0.39 is 11.6 Å². The number of hydrogen-bond acceptors (Lipinski definition) is 4. The smallest absolute Gasteiger partial charge is 0.151 e. The predicted molar refractivity (Wildman–Crippen MR) is 98.2 cm³/mol. The first-order valence-corrected chi connectivity index (χ1v) is 9.52.